The predicted octanol–water partition coefficient (Wildman–Crippen LogP) is 3.18. The lowest BCUT2D eigenvalue weighted by Crippen LogP contribution is -3.00. The molecule has 0 atom stereocenters. The molecule has 0 aliphatic rings. The maximum absolute atomic E-state index is 13.4. The summed E-state index contributed by atoms with van der Waals surface area (Å²) < 4.78 is 0. The summed E-state index contributed by atoms with van der Waals surface area (Å²) in [6.45, 7) is 0. The molecule has 8 rings (SSSR count). The molecule has 0 spiro atoms. The second-order valence-corrected chi connectivity index (χ2v) is 19.7. The molecule has 0 saturated heterocycles. The fraction of sp³-hybridized carbons (Fsp3) is 0.0200. The van der Waals surface area contributed by atoms with Crippen LogP contribution in [0.4, 0.5) is 0 Å². The highest BCUT2D eigenvalue weighted by atomic mass is 79.9. The van der Waals surface area contributed by atoms with E-state index in [1.54, 1.807) is 0 Å². The summed E-state index contributed by atoms with van der Waals surface area (Å²) in [5, 5.41) is 9.25. The second kappa shape index (κ2) is 20.1. The fourth-order valence-corrected chi connectivity index (χ4v) is 15.6. The van der Waals surface area contributed by atoms with E-state index in [0.717, 1.165) is 5.56 Å². The number of carbonyl (C=O) groups excluding carboxylic acids is 1. The fourth-order valence-electron chi connectivity index (χ4n) is 7.20. The summed E-state index contributed by atoms with van der Waals surface area (Å²) >= 11 is 0. The maximum atomic E-state index is 13.4. The first-order valence-corrected chi connectivity index (χ1v) is 21.7. The normalized spacial score (nSPS) is 10.8. The van der Waals surface area contributed by atoms with Crippen LogP contribution in [0.15, 0.2) is 243 Å². The van der Waals surface area contributed by atoms with Crippen molar-refractivity contribution in [1.82, 2.24) is 0 Å². The predicted molar refractivity (Wildman–Crippen MR) is 232 cm³/mol. The van der Waals surface area contributed by atoms with Crippen molar-refractivity contribution in [3.05, 3.63) is 248 Å². The third-order valence-electron chi connectivity index (χ3n) is 9.64. The van der Waals surface area contributed by atoms with Crippen LogP contribution < -0.4 is 66.5 Å². The van der Waals surface area contributed by atoms with Crippen molar-refractivity contribution in [3.63, 3.8) is 0 Å². The van der Waals surface area contributed by atoms with E-state index >= 15 is 0 Å². The van der Waals surface area contributed by atoms with E-state index in [1.807, 2.05) is 48.5 Å². The minimum absolute atomic E-state index is 0. The molecule has 0 unspecified atom stereocenters. The molecular formula is C50H42BrClOP2. The summed E-state index contributed by atoms with van der Waals surface area (Å²) in [6.07, 6.45) is 0.481. The van der Waals surface area contributed by atoms with Crippen molar-refractivity contribution in [1.29, 1.82) is 0 Å². The van der Waals surface area contributed by atoms with Gasteiger partial charge >= 0.3 is 0 Å². The first-order chi connectivity index (χ1) is 26.2. The molecule has 0 fully saturated rings. The van der Waals surface area contributed by atoms with E-state index in [1.165, 1.54) is 37.1 Å². The molecule has 0 aliphatic heterocycles. The molecule has 0 N–H and O–H groups in total. The summed E-state index contributed by atoms with van der Waals surface area (Å²) in [6, 6.07) is 85.0. The van der Waals surface area contributed by atoms with E-state index in [2.05, 4.69) is 194 Å². The molecule has 5 heteroatoms. The minimum atomic E-state index is -2.12. The molecule has 0 amide bonds. The van der Waals surface area contributed by atoms with E-state index in [4.69, 9.17) is 0 Å². The van der Waals surface area contributed by atoms with E-state index in [-0.39, 0.29) is 35.2 Å². The molecule has 55 heavy (non-hydrogen) atoms. The van der Waals surface area contributed by atoms with Crippen LogP contribution in [0.5, 0.6) is 0 Å². The summed E-state index contributed by atoms with van der Waals surface area (Å²) in [7, 11) is -4.03. The average molecular weight is 836 g/mol. The van der Waals surface area contributed by atoms with Crippen LogP contribution >= 0.6 is 14.5 Å². The quantitative estimate of drug-likeness (QED) is 0.153. The number of halogens is 2. The molecular weight excluding hydrogens is 794 g/mol. The van der Waals surface area contributed by atoms with Crippen LogP contribution in [-0.4, -0.2) is 11.9 Å². The second-order valence-electron chi connectivity index (χ2n) is 12.8. The van der Waals surface area contributed by atoms with Crippen molar-refractivity contribution in [3.8, 4) is 0 Å². The summed E-state index contributed by atoms with van der Waals surface area (Å²) in [5.74, 6) is 0.186. The molecule has 0 heterocycles. The Balaban J connectivity index is 0.000000205. The van der Waals surface area contributed by atoms with Gasteiger partial charge in [-0.3, -0.25) is 4.79 Å². The van der Waals surface area contributed by atoms with E-state index < -0.39 is 14.5 Å². The van der Waals surface area contributed by atoms with Gasteiger partial charge in [0.1, 0.15) is 57.8 Å². The highest BCUT2D eigenvalue weighted by Gasteiger charge is 2.48. The zero-order valence-corrected chi connectivity index (χ0v) is 34.5. The third kappa shape index (κ3) is 8.97. The lowest BCUT2D eigenvalue weighted by molar-refractivity contribution is -0.001000. The molecule has 0 bridgehead atoms. The molecule has 8 aromatic carbocycles. The third-order valence-corrected chi connectivity index (χ3v) is 18.2. The number of hydrogen-bond acceptors (Lipinski definition) is 1. The molecule has 8 aromatic rings. The van der Waals surface area contributed by atoms with Gasteiger partial charge in [0.15, 0.2) is 0 Å². The minimum Gasteiger partial charge on any atom is -1.00 e. The topological polar surface area (TPSA) is 17.1 Å². The number of carbonyl (C=O) groups is 1. The van der Waals surface area contributed by atoms with Gasteiger partial charge in [0.25, 0.3) is 0 Å². The Hall–Kier alpha value is -4.94. The molecule has 0 aromatic heterocycles. The van der Waals surface area contributed by atoms with Crippen LogP contribution in [-0.2, 0) is 0 Å². The Morgan fingerprint density at radius 3 is 0.745 bits per heavy atom. The Kier molecular flexibility index (Phi) is 15.1. The van der Waals surface area contributed by atoms with Crippen LogP contribution in [0.2, 0.25) is 0 Å². The standard InChI is InChI=1S/C26H22OP.C24H20P.BrH.ClH/c27-26(22-13-5-1-6-14-22)21-28(23-15-7-2-8-16-23,24-17-9-3-10-18-24)25-19-11-4-12-20-25;1-5-13-21(14-6-1)25(22-15-7-2-8-16-22,23-17-9-3-10-18-23)24-19-11-4-12-20-24;;/h1-20H,21H2;1-20H;2*1H/q2*+1;;/p-2. The average Bonchev–Trinajstić information content (AvgIpc) is 3.26. The molecule has 0 aliphatic carbocycles. The van der Waals surface area contributed by atoms with Crippen molar-refractivity contribution >= 4 is 57.4 Å². The first kappa shape index (κ1) is 41.2. The lowest BCUT2D eigenvalue weighted by atomic mass is 10.2. The monoisotopic (exact) mass is 834 g/mol. The van der Waals surface area contributed by atoms with E-state index in [0.29, 0.717) is 6.16 Å². The molecule has 272 valence electrons. The van der Waals surface area contributed by atoms with Crippen LogP contribution in [0.25, 0.3) is 0 Å². The zero-order valence-electron chi connectivity index (χ0n) is 30.4. The molecule has 0 saturated carbocycles. The van der Waals surface area contributed by atoms with Crippen molar-refractivity contribution < 1.29 is 34.2 Å². The van der Waals surface area contributed by atoms with Gasteiger partial charge in [-0.1, -0.05) is 158 Å². The van der Waals surface area contributed by atoms with Crippen molar-refractivity contribution in [2.45, 2.75) is 0 Å². The van der Waals surface area contributed by atoms with Crippen molar-refractivity contribution in [2.24, 2.45) is 0 Å². The number of Topliss-reactive ketones (excluding diaryl/α,β-unsaturated/α-hetero) is 1. The zero-order chi connectivity index (χ0) is 36.2. The van der Waals surface area contributed by atoms with Crippen LogP contribution in [0, 0.1) is 0 Å². The summed E-state index contributed by atoms with van der Waals surface area (Å²) in [5.41, 5.74) is 0.773. The number of ketones is 1. The van der Waals surface area contributed by atoms with Gasteiger partial charge in [-0.05, 0) is 84.9 Å². The molecule has 0 radical (unpaired) electrons. The van der Waals surface area contributed by atoms with Gasteiger partial charge < -0.3 is 29.4 Å². The van der Waals surface area contributed by atoms with Gasteiger partial charge in [-0.2, -0.15) is 0 Å². The highest BCUT2D eigenvalue weighted by molar-refractivity contribution is 8.01. The first-order valence-electron chi connectivity index (χ1n) is 18.0. The Labute approximate surface area is 344 Å². The SMILES string of the molecule is O=C(C[P+](c1ccccc1)(c1ccccc1)c1ccccc1)c1ccccc1.[Br-].[Cl-].c1ccc([P+](c2ccccc2)(c2ccccc2)c2ccccc2)cc1. The number of hydrogen-bond donors (Lipinski definition) is 0. The Morgan fingerprint density at radius 1 is 0.309 bits per heavy atom. The van der Waals surface area contributed by atoms with E-state index in [9.17, 15) is 4.79 Å². The van der Waals surface area contributed by atoms with Gasteiger partial charge in [-0.15, -0.1) is 0 Å². The number of rotatable bonds is 10. The Morgan fingerprint density at radius 2 is 0.509 bits per heavy atom. The highest BCUT2D eigenvalue weighted by Crippen LogP contribution is 2.56. The van der Waals surface area contributed by atoms with Crippen molar-refractivity contribution in [2.75, 3.05) is 6.16 Å². The van der Waals surface area contributed by atoms with Gasteiger partial charge in [0, 0.05) is 5.56 Å². The lowest BCUT2D eigenvalue weighted by Gasteiger charge is -2.27. The van der Waals surface area contributed by atoms with Gasteiger partial charge in [0.2, 0.25) is 5.78 Å². The van der Waals surface area contributed by atoms with Crippen LogP contribution in [0.1, 0.15) is 10.4 Å². The van der Waals surface area contributed by atoms with Gasteiger partial charge in [-0.25, -0.2) is 0 Å². The Bertz CT molecular complexity index is 2040. The smallest absolute Gasteiger partial charge is 0.201 e. The number of benzene rings is 8. The molecule has 1 nitrogen and oxygen atoms in total. The summed E-state index contributed by atoms with van der Waals surface area (Å²) in [4.78, 5) is 13.4. The largest absolute Gasteiger partial charge is 1.00 e. The van der Waals surface area contributed by atoms with Crippen LogP contribution in [0.3, 0.4) is 0 Å². The van der Waals surface area contributed by atoms with Gasteiger partial charge in [0.05, 0.1) is 0 Å². The maximum Gasteiger partial charge on any atom is 0.201 e.